The van der Waals surface area contributed by atoms with E-state index < -0.39 is 16.1 Å². The van der Waals surface area contributed by atoms with Crippen LogP contribution in [0.1, 0.15) is 13.8 Å². The summed E-state index contributed by atoms with van der Waals surface area (Å²) in [6.45, 7) is 3.08. The van der Waals surface area contributed by atoms with Gasteiger partial charge < -0.3 is 10.6 Å². The van der Waals surface area contributed by atoms with Crippen LogP contribution >= 0.6 is 23.4 Å². The Morgan fingerprint density at radius 2 is 2.00 bits per heavy atom. The molecule has 12 heteroatoms. The van der Waals surface area contributed by atoms with Crippen molar-refractivity contribution in [1.82, 2.24) is 14.8 Å². The zero-order chi connectivity index (χ0) is 22.5. The fourth-order valence-corrected chi connectivity index (χ4v) is 3.59. The third kappa shape index (κ3) is 5.58. The van der Waals surface area contributed by atoms with Crippen LogP contribution in [-0.4, -0.2) is 36.8 Å². The molecular formula is C19H17ClN6O4S. The average molecular weight is 461 g/mol. The van der Waals surface area contributed by atoms with Gasteiger partial charge in [-0.3, -0.25) is 24.3 Å². The largest absolute Gasteiger partial charge is 0.326 e. The summed E-state index contributed by atoms with van der Waals surface area (Å²) >= 11 is 7.20. The van der Waals surface area contributed by atoms with Gasteiger partial charge in [0, 0.05) is 24.7 Å². The molecule has 1 atom stereocenters. The molecule has 2 aromatic carbocycles. The van der Waals surface area contributed by atoms with Crippen molar-refractivity contribution in [1.29, 1.82) is 0 Å². The van der Waals surface area contributed by atoms with E-state index in [-0.39, 0.29) is 22.3 Å². The molecule has 3 rings (SSSR count). The van der Waals surface area contributed by atoms with E-state index in [1.807, 2.05) is 6.07 Å². The topological polar surface area (TPSA) is 132 Å². The van der Waals surface area contributed by atoms with Crippen LogP contribution in [-0.2, 0) is 9.59 Å². The van der Waals surface area contributed by atoms with Crippen LogP contribution in [0.15, 0.2) is 53.9 Å². The Labute approximate surface area is 186 Å². The highest BCUT2D eigenvalue weighted by molar-refractivity contribution is 8.00. The molecule has 0 saturated carbocycles. The number of hydrogen-bond donors (Lipinski definition) is 2. The summed E-state index contributed by atoms with van der Waals surface area (Å²) in [7, 11) is 0. The van der Waals surface area contributed by atoms with Gasteiger partial charge in [0.1, 0.15) is 6.33 Å². The Bertz CT molecular complexity index is 1150. The first-order chi connectivity index (χ1) is 14.7. The van der Waals surface area contributed by atoms with Crippen LogP contribution in [0.5, 0.6) is 0 Å². The number of carbonyl (C=O) groups excluding carboxylic acids is 2. The smallest absolute Gasteiger partial charge is 0.271 e. The Morgan fingerprint density at radius 1 is 1.23 bits per heavy atom. The van der Waals surface area contributed by atoms with Gasteiger partial charge in [-0.15, -0.1) is 10.2 Å². The van der Waals surface area contributed by atoms with Crippen LogP contribution in [0.3, 0.4) is 0 Å². The van der Waals surface area contributed by atoms with Crippen LogP contribution in [0, 0.1) is 10.1 Å². The first-order valence-corrected chi connectivity index (χ1v) is 10.2. The summed E-state index contributed by atoms with van der Waals surface area (Å²) in [6.07, 6.45) is 1.50. The molecule has 0 aliphatic heterocycles. The fraction of sp³-hybridized carbons (Fsp3) is 0.158. The van der Waals surface area contributed by atoms with Gasteiger partial charge in [-0.25, -0.2) is 0 Å². The lowest BCUT2D eigenvalue weighted by atomic mass is 10.2. The van der Waals surface area contributed by atoms with Crippen LogP contribution in [0.4, 0.5) is 17.1 Å². The van der Waals surface area contributed by atoms with E-state index in [9.17, 15) is 19.7 Å². The number of nitro benzene ring substituents is 1. The van der Waals surface area contributed by atoms with Crippen molar-refractivity contribution in [3.63, 3.8) is 0 Å². The second kappa shape index (κ2) is 9.58. The van der Waals surface area contributed by atoms with Crippen LogP contribution < -0.4 is 10.6 Å². The number of anilines is 2. The molecule has 0 saturated heterocycles. The van der Waals surface area contributed by atoms with E-state index in [1.165, 1.54) is 31.5 Å². The molecule has 1 unspecified atom stereocenters. The SMILES string of the molecule is CC(=O)Nc1cccc(-n2cnnc2SC(C)C(=O)Nc2cc([N+](=O)[O-])ccc2Cl)c1. The van der Waals surface area contributed by atoms with Crippen LogP contribution in [0.2, 0.25) is 5.02 Å². The molecule has 0 bridgehead atoms. The molecular weight excluding hydrogens is 444 g/mol. The highest BCUT2D eigenvalue weighted by Crippen LogP contribution is 2.29. The molecule has 10 nitrogen and oxygen atoms in total. The molecule has 1 heterocycles. The fourth-order valence-electron chi connectivity index (χ4n) is 2.59. The van der Waals surface area contributed by atoms with E-state index in [4.69, 9.17) is 11.6 Å². The zero-order valence-corrected chi connectivity index (χ0v) is 18.0. The minimum Gasteiger partial charge on any atom is -0.326 e. The molecule has 31 heavy (non-hydrogen) atoms. The molecule has 0 aliphatic rings. The summed E-state index contributed by atoms with van der Waals surface area (Å²) in [5.41, 5.74) is 1.28. The Morgan fingerprint density at radius 3 is 2.71 bits per heavy atom. The van der Waals surface area contributed by atoms with Gasteiger partial charge in [-0.05, 0) is 31.2 Å². The number of rotatable bonds is 7. The third-order valence-corrected chi connectivity index (χ3v) is 5.42. The first kappa shape index (κ1) is 22.2. The van der Waals surface area contributed by atoms with Crippen molar-refractivity contribution in [2.24, 2.45) is 0 Å². The average Bonchev–Trinajstić information content (AvgIpc) is 3.17. The zero-order valence-electron chi connectivity index (χ0n) is 16.4. The van der Waals surface area contributed by atoms with E-state index in [1.54, 1.807) is 29.7 Å². The quantitative estimate of drug-likeness (QED) is 0.310. The van der Waals surface area contributed by atoms with Crippen molar-refractivity contribution in [2.75, 3.05) is 10.6 Å². The lowest BCUT2D eigenvalue weighted by Crippen LogP contribution is -2.23. The highest BCUT2D eigenvalue weighted by Gasteiger charge is 2.20. The number of non-ortho nitro benzene ring substituents is 1. The van der Waals surface area contributed by atoms with Crippen molar-refractivity contribution >= 4 is 52.2 Å². The minimum absolute atomic E-state index is 0.151. The number of benzene rings is 2. The molecule has 160 valence electrons. The lowest BCUT2D eigenvalue weighted by molar-refractivity contribution is -0.384. The van der Waals surface area contributed by atoms with Gasteiger partial charge in [-0.2, -0.15) is 0 Å². The minimum atomic E-state index is -0.614. The standard InChI is InChI=1S/C19H17ClN6O4S/c1-11(18(28)23-17-9-15(26(29)30)6-7-16(17)20)31-19-24-21-10-25(19)14-5-3-4-13(8-14)22-12(2)27/h3-11H,1-2H3,(H,22,27)(H,23,28). The summed E-state index contributed by atoms with van der Waals surface area (Å²) in [5.74, 6) is -0.602. The van der Waals surface area contributed by atoms with Gasteiger partial charge >= 0.3 is 0 Å². The molecule has 3 aromatic rings. The van der Waals surface area contributed by atoms with E-state index in [0.717, 1.165) is 11.8 Å². The van der Waals surface area contributed by atoms with Crippen LogP contribution in [0.25, 0.3) is 5.69 Å². The predicted octanol–water partition coefficient (Wildman–Crippen LogP) is 3.91. The maximum atomic E-state index is 12.6. The summed E-state index contributed by atoms with van der Waals surface area (Å²) in [6, 6.07) is 10.9. The van der Waals surface area contributed by atoms with Gasteiger partial charge in [0.05, 0.1) is 26.6 Å². The van der Waals surface area contributed by atoms with Gasteiger partial charge in [0.15, 0.2) is 5.16 Å². The van der Waals surface area contributed by atoms with Crippen molar-refractivity contribution in [2.45, 2.75) is 24.3 Å². The summed E-state index contributed by atoms with van der Waals surface area (Å²) in [5, 5.41) is 24.3. The maximum Gasteiger partial charge on any atom is 0.271 e. The number of nitrogens with one attached hydrogen (secondary N) is 2. The van der Waals surface area contributed by atoms with E-state index >= 15 is 0 Å². The molecule has 2 amide bonds. The normalized spacial score (nSPS) is 11.6. The number of hydrogen-bond acceptors (Lipinski definition) is 7. The third-order valence-electron chi connectivity index (χ3n) is 4.03. The second-order valence-corrected chi connectivity index (χ2v) is 8.10. The number of carbonyl (C=O) groups is 2. The Kier molecular flexibility index (Phi) is 6.88. The number of aromatic nitrogens is 3. The monoisotopic (exact) mass is 460 g/mol. The number of nitrogens with zero attached hydrogens (tertiary/aromatic N) is 4. The molecule has 0 spiro atoms. The summed E-state index contributed by atoms with van der Waals surface area (Å²) < 4.78 is 1.68. The van der Waals surface area contributed by atoms with E-state index in [2.05, 4.69) is 20.8 Å². The molecule has 2 N–H and O–H groups in total. The lowest BCUT2D eigenvalue weighted by Gasteiger charge is -2.13. The van der Waals surface area contributed by atoms with Gasteiger partial charge in [0.2, 0.25) is 11.8 Å². The number of nitro groups is 1. The van der Waals surface area contributed by atoms with Crippen molar-refractivity contribution in [3.05, 3.63) is 63.9 Å². The van der Waals surface area contributed by atoms with Gasteiger partial charge in [-0.1, -0.05) is 29.4 Å². The summed E-state index contributed by atoms with van der Waals surface area (Å²) in [4.78, 5) is 34.3. The highest BCUT2D eigenvalue weighted by atomic mass is 35.5. The predicted molar refractivity (Wildman–Crippen MR) is 118 cm³/mol. The Hall–Kier alpha value is -3.44. The maximum absolute atomic E-state index is 12.6. The molecule has 0 aliphatic carbocycles. The molecule has 0 radical (unpaired) electrons. The Balaban J connectivity index is 1.75. The van der Waals surface area contributed by atoms with Gasteiger partial charge in [0.25, 0.3) is 5.69 Å². The number of amides is 2. The number of halogens is 1. The second-order valence-electron chi connectivity index (χ2n) is 6.39. The molecule has 0 fully saturated rings. The van der Waals surface area contributed by atoms with Crippen molar-refractivity contribution in [3.8, 4) is 5.69 Å². The first-order valence-electron chi connectivity index (χ1n) is 8.94. The van der Waals surface area contributed by atoms with E-state index in [0.29, 0.717) is 16.5 Å². The van der Waals surface area contributed by atoms with Crippen molar-refractivity contribution < 1.29 is 14.5 Å². The molecule has 1 aromatic heterocycles. The number of thioether (sulfide) groups is 1.